The van der Waals surface area contributed by atoms with Crippen LogP contribution in [-0.2, 0) is 6.54 Å². The summed E-state index contributed by atoms with van der Waals surface area (Å²) in [6, 6.07) is 10.6. The number of methoxy groups -OCH3 is 1. The van der Waals surface area contributed by atoms with Gasteiger partial charge >= 0.3 is 0 Å². The van der Waals surface area contributed by atoms with Crippen molar-refractivity contribution in [2.45, 2.75) is 32.9 Å². The van der Waals surface area contributed by atoms with Crippen LogP contribution in [0.15, 0.2) is 39.7 Å². The monoisotopic (exact) mass is 356 g/mol. The third-order valence-electron chi connectivity index (χ3n) is 4.77. The second-order valence-corrected chi connectivity index (χ2v) is 6.61. The van der Waals surface area contributed by atoms with Gasteiger partial charge in [0.2, 0.25) is 0 Å². The Morgan fingerprint density at radius 3 is 2.85 bits per heavy atom. The maximum Gasteiger partial charge on any atom is 0.191 e. The summed E-state index contributed by atoms with van der Waals surface area (Å²) < 4.78 is 11.1. The quantitative estimate of drug-likeness (QED) is 0.637. The van der Waals surface area contributed by atoms with Gasteiger partial charge in [-0.3, -0.25) is 4.99 Å². The molecule has 2 aromatic rings. The number of ether oxygens (including phenoxy) is 1. The molecule has 1 unspecified atom stereocenters. The van der Waals surface area contributed by atoms with Gasteiger partial charge in [0.1, 0.15) is 17.3 Å². The molecule has 0 spiro atoms. The van der Waals surface area contributed by atoms with Crippen molar-refractivity contribution in [2.75, 3.05) is 32.1 Å². The first-order valence-electron chi connectivity index (χ1n) is 9.01. The van der Waals surface area contributed by atoms with Crippen molar-refractivity contribution in [3.8, 4) is 5.75 Å². The molecule has 1 saturated heterocycles. The lowest BCUT2D eigenvalue weighted by Crippen LogP contribution is -2.44. The summed E-state index contributed by atoms with van der Waals surface area (Å²) in [5.41, 5.74) is 2.30. The standard InChI is InChI=1S/C20H28N4O2/c1-14-11-16(15(2)26-14)12-22-20(21-3)23-17-9-10-24(13-17)18-7-5-6-8-19(18)25-4/h5-8,11,17H,9-10,12-13H2,1-4H3,(H2,21,22,23). The van der Waals surface area contributed by atoms with Gasteiger partial charge in [0, 0.05) is 38.3 Å². The number of para-hydroxylation sites is 2. The highest BCUT2D eigenvalue weighted by Crippen LogP contribution is 2.30. The fraction of sp³-hybridized carbons (Fsp3) is 0.450. The number of guanidine groups is 1. The first-order valence-corrected chi connectivity index (χ1v) is 9.01. The van der Waals surface area contributed by atoms with E-state index in [1.807, 2.05) is 32.0 Å². The Kier molecular flexibility index (Phi) is 5.71. The summed E-state index contributed by atoms with van der Waals surface area (Å²) in [6.45, 7) is 6.57. The second kappa shape index (κ2) is 8.17. The van der Waals surface area contributed by atoms with Gasteiger partial charge in [-0.15, -0.1) is 0 Å². The van der Waals surface area contributed by atoms with E-state index in [4.69, 9.17) is 9.15 Å². The van der Waals surface area contributed by atoms with E-state index in [0.717, 1.165) is 54.0 Å². The molecule has 26 heavy (non-hydrogen) atoms. The van der Waals surface area contributed by atoms with Crippen LogP contribution in [0.4, 0.5) is 5.69 Å². The molecule has 0 radical (unpaired) electrons. The van der Waals surface area contributed by atoms with E-state index in [1.165, 1.54) is 0 Å². The van der Waals surface area contributed by atoms with Gasteiger partial charge in [0.15, 0.2) is 5.96 Å². The molecule has 1 atom stereocenters. The van der Waals surface area contributed by atoms with Crippen molar-refractivity contribution >= 4 is 11.6 Å². The highest BCUT2D eigenvalue weighted by Gasteiger charge is 2.25. The van der Waals surface area contributed by atoms with Crippen molar-refractivity contribution < 1.29 is 9.15 Å². The molecule has 0 saturated carbocycles. The maximum absolute atomic E-state index is 5.58. The van der Waals surface area contributed by atoms with E-state index in [2.05, 4.69) is 32.7 Å². The summed E-state index contributed by atoms with van der Waals surface area (Å²) >= 11 is 0. The van der Waals surface area contributed by atoms with E-state index in [0.29, 0.717) is 12.6 Å². The number of aliphatic imine (C=N–C) groups is 1. The van der Waals surface area contributed by atoms with Crippen LogP contribution in [0, 0.1) is 13.8 Å². The van der Waals surface area contributed by atoms with E-state index in [9.17, 15) is 0 Å². The molecule has 1 aromatic carbocycles. The number of hydrogen-bond acceptors (Lipinski definition) is 4. The summed E-state index contributed by atoms with van der Waals surface area (Å²) in [7, 11) is 3.52. The minimum absolute atomic E-state index is 0.346. The molecule has 6 nitrogen and oxygen atoms in total. The van der Waals surface area contributed by atoms with Crippen molar-refractivity contribution in [1.82, 2.24) is 10.6 Å². The second-order valence-electron chi connectivity index (χ2n) is 6.61. The molecule has 140 valence electrons. The van der Waals surface area contributed by atoms with Crippen molar-refractivity contribution in [3.63, 3.8) is 0 Å². The molecule has 2 heterocycles. The number of aryl methyl sites for hydroxylation is 2. The van der Waals surface area contributed by atoms with Gasteiger partial charge in [-0.2, -0.15) is 0 Å². The maximum atomic E-state index is 5.58. The van der Waals surface area contributed by atoms with Gasteiger partial charge in [-0.05, 0) is 38.5 Å². The predicted molar refractivity (Wildman–Crippen MR) is 105 cm³/mol. The summed E-state index contributed by atoms with van der Waals surface area (Å²) in [6.07, 6.45) is 1.06. The zero-order valence-electron chi connectivity index (χ0n) is 16.0. The number of rotatable bonds is 5. The highest BCUT2D eigenvalue weighted by atomic mass is 16.5. The lowest BCUT2D eigenvalue weighted by atomic mass is 10.2. The van der Waals surface area contributed by atoms with Crippen LogP contribution in [0.5, 0.6) is 5.75 Å². The van der Waals surface area contributed by atoms with Crippen molar-refractivity contribution in [2.24, 2.45) is 4.99 Å². The summed E-state index contributed by atoms with van der Waals surface area (Å²) in [4.78, 5) is 6.71. The smallest absolute Gasteiger partial charge is 0.191 e. The molecular formula is C20H28N4O2. The number of anilines is 1. The lowest BCUT2D eigenvalue weighted by molar-refractivity contribution is 0.415. The Morgan fingerprint density at radius 2 is 2.15 bits per heavy atom. The van der Waals surface area contributed by atoms with Crippen LogP contribution in [0.25, 0.3) is 0 Å². The Bertz CT molecular complexity index is 769. The third-order valence-corrected chi connectivity index (χ3v) is 4.77. The zero-order valence-corrected chi connectivity index (χ0v) is 16.0. The molecule has 0 aliphatic carbocycles. The first kappa shape index (κ1) is 18.2. The van der Waals surface area contributed by atoms with Crippen LogP contribution in [0.2, 0.25) is 0 Å². The molecule has 1 aromatic heterocycles. The fourth-order valence-corrected chi connectivity index (χ4v) is 3.41. The normalized spacial score (nSPS) is 17.5. The number of nitrogens with one attached hydrogen (secondary N) is 2. The summed E-state index contributed by atoms with van der Waals surface area (Å²) in [5.74, 6) is 3.62. The Morgan fingerprint density at radius 1 is 1.35 bits per heavy atom. The molecule has 2 N–H and O–H groups in total. The Balaban J connectivity index is 1.56. The summed E-state index contributed by atoms with van der Waals surface area (Å²) in [5, 5.41) is 6.90. The molecule has 0 amide bonds. The number of hydrogen-bond donors (Lipinski definition) is 2. The molecule has 6 heteroatoms. The minimum atomic E-state index is 0.346. The first-order chi connectivity index (χ1) is 12.6. The van der Waals surface area contributed by atoms with Crippen molar-refractivity contribution in [3.05, 3.63) is 47.4 Å². The van der Waals surface area contributed by atoms with Crippen molar-refractivity contribution in [1.29, 1.82) is 0 Å². The highest BCUT2D eigenvalue weighted by molar-refractivity contribution is 5.80. The van der Waals surface area contributed by atoms with E-state index in [1.54, 1.807) is 14.2 Å². The lowest BCUT2D eigenvalue weighted by Gasteiger charge is -2.22. The molecule has 1 aliphatic rings. The number of nitrogens with zero attached hydrogens (tertiary/aromatic N) is 2. The van der Waals surface area contributed by atoms with Crippen LogP contribution in [0.3, 0.4) is 0 Å². The average Bonchev–Trinajstić information content (AvgIpc) is 3.24. The molecule has 1 fully saturated rings. The van der Waals surface area contributed by atoms with Crippen LogP contribution >= 0.6 is 0 Å². The van der Waals surface area contributed by atoms with E-state index < -0.39 is 0 Å². The van der Waals surface area contributed by atoms with Crippen LogP contribution in [0.1, 0.15) is 23.5 Å². The average molecular weight is 356 g/mol. The molecule has 1 aliphatic heterocycles. The van der Waals surface area contributed by atoms with Gasteiger partial charge in [-0.25, -0.2) is 0 Å². The Hall–Kier alpha value is -2.63. The van der Waals surface area contributed by atoms with E-state index >= 15 is 0 Å². The van der Waals surface area contributed by atoms with Gasteiger partial charge in [-0.1, -0.05) is 12.1 Å². The van der Waals surface area contributed by atoms with Gasteiger partial charge in [0.05, 0.1) is 12.8 Å². The zero-order chi connectivity index (χ0) is 18.5. The minimum Gasteiger partial charge on any atom is -0.495 e. The van der Waals surface area contributed by atoms with Gasteiger partial charge < -0.3 is 24.7 Å². The van der Waals surface area contributed by atoms with Crippen LogP contribution in [-0.4, -0.2) is 39.2 Å². The molecule has 3 rings (SSSR count). The predicted octanol–water partition coefficient (Wildman–Crippen LogP) is 2.85. The molecular weight excluding hydrogens is 328 g/mol. The topological polar surface area (TPSA) is 62.0 Å². The number of benzene rings is 1. The van der Waals surface area contributed by atoms with E-state index in [-0.39, 0.29) is 0 Å². The Labute approximate surface area is 155 Å². The van der Waals surface area contributed by atoms with Crippen LogP contribution < -0.4 is 20.3 Å². The number of furan rings is 1. The third kappa shape index (κ3) is 4.12. The van der Waals surface area contributed by atoms with Gasteiger partial charge in [0.25, 0.3) is 0 Å². The largest absolute Gasteiger partial charge is 0.495 e. The SMILES string of the molecule is CN=C(NCc1cc(C)oc1C)NC1CCN(c2ccccc2OC)C1. The molecule has 0 bridgehead atoms. The fourth-order valence-electron chi connectivity index (χ4n) is 3.41.